The summed E-state index contributed by atoms with van der Waals surface area (Å²) in [6, 6.07) is 7.77. The summed E-state index contributed by atoms with van der Waals surface area (Å²) in [6.07, 6.45) is 1.95. The number of rotatable bonds is 5. The molecule has 2 heterocycles. The predicted octanol–water partition coefficient (Wildman–Crippen LogP) is 5.09. The lowest BCUT2D eigenvalue weighted by molar-refractivity contribution is 0.103. The molecule has 0 radical (unpaired) electrons. The van der Waals surface area contributed by atoms with Gasteiger partial charge in [-0.3, -0.25) is 4.79 Å². The zero-order valence-corrected chi connectivity index (χ0v) is 15.6. The summed E-state index contributed by atoms with van der Waals surface area (Å²) in [5.41, 5.74) is 3.60. The van der Waals surface area contributed by atoms with Crippen molar-refractivity contribution in [2.45, 2.75) is 33.6 Å². The second-order valence-corrected chi connectivity index (χ2v) is 7.70. The molecule has 0 saturated carbocycles. The number of nitrogens with zero attached hydrogens (tertiary/aromatic N) is 2. The Bertz CT molecular complexity index is 850. The van der Waals surface area contributed by atoms with Crippen molar-refractivity contribution in [2.24, 2.45) is 0 Å². The van der Waals surface area contributed by atoms with E-state index < -0.39 is 0 Å². The molecule has 0 aliphatic rings. The summed E-state index contributed by atoms with van der Waals surface area (Å²) in [7, 11) is 0. The van der Waals surface area contributed by atoms with E-state index in [1.807, 2.05) is 43.5 Å². The number of carbonyl (C=O) groups excluding carboxylic acids is 1. The highest BCUT2D eigenvalue weighted by atomic mass is 32.1. The average molecular weight is 358 g/mol. The smallest absolute Gasteiger partial charge is 0.267 e. The highest BCUT2D eigenvalue weighted by Gasteiger charge is 2.15. The van der Waals surface area contributed by atoms with Gasteiger partial charge >= 0.3 is 0 Å². The summed E-state index contributed by atoms with van der Waals surface area (Å²) < 4.78 is 0. The van der Waals surface area contributed by atoms with Crippen molar-refractivity contribution in [1.82, 2.24) is 9.97 Å². The first-order valence-electron chi connectivity index (χ1n) is 7.87. The van der Waals surface area contributed by atoms with Crippen LogP contribution in [0.15, 0.2) is 29.6 Å². The van der Waals surface area contributed by atoms with Crippen molar-refractivity contribution < 1.29 is 4.79 Å². The van der Waals surface area contributed by atoms with Crippen LogP contribution in [-0.2, 0) is 6.42 Å². The first kappa shape index (κ1) is 16.8. The predicted molar refractivity (Wildman–Crippen MR) is 101 cm³/mol. The molecule has 0 unspecified atom stereocenters. The van der Waals surface area contributed by atoms with Crippen LogP contribution in [0, 0.1) is 13.8 Å². The van der Waals surface area contributed by atoms with Gasteiger partial charge in [-0.15, -0.1) is 22.7 Å². The largest absolute Gasteiger partial charge is 0.321 e. The minimum Gasteiger partial charge on any atom is -0.321 e. The second-order valence-electron chi connectivity index (χ2n) is 5.56. The van der Waals surface area contributed by atoms with Crippen LogP contribution in [0.3, 0.4) is 0 Å². The van der Waals surface area contributed by atoms with E-state index >= 15 is 0 Å². The Morgan fingerprint density at radius 1 is 1.17 bits per heavy atom. The van der Waals surface area contributed by atoms with Crippen LogP contribution in [-0.4, -0.2) is 15.9 Å². The molecule has 4 nitrogen and oxygen atoms in total. The number of amides is 1. The number of aryl methyl sites for hydroxylation is 3. The van der Waals surface area contributed by atoms with Gasteiger partial charge in [0.15, 0.2) is 0 Å². The van der Waals surface area contributed by atoms with Crippen molar-refractivity contribution in [3.63, 3.8) is 0 Å². The minimum atomic E-state index is -0.0930. The maximum atomic E-state index is 12.5. The number of hydrogen-bond donors (Lipinski definition) is 1. The van der Waals surface area contributed by atoms with Gasteiger partial charge in [-0.25, -0.2) is 9.97 Å². The summed E-state index contributed by atoms with van der Waals surface area (Å²) in [5, 5.41) is 7.06. The van der Waals surface area contributed by atoms with Crippen molar-refractivity contribution in [3.8, 4) is 11.3 Å². The fourth-order valence-corrected chi connectivity index (χ4v) is 4.08. The van der Waals surface area contributed by atoms with Gasteiger partial charge in [0.25, 0.3) is 5.91 Å². The molecule has 0 spiro atoms. The number of thiazole rings is 2. The van der Waals surface area contributed by atoms with E-state index in [0.29, 0.717) is 4.88 Å². The molecule has 6 heteroatoms. The monoisotopic (exact) mass is 357 g/mol. The summed E-state index contributed by atoms with van der Waals surface area (Å²) in [6.45, 7) is 5.99. The van der Waals surface area contributed by atoms with Gasteiger partial charge in [0.05, 0.1) is 21.4 Å². The van der Waals surface area contributed by atoms with E-state index in [9.17, 15) is 4.79 Å². The average Bonchev–Trinajstić information content (AvgIpc) is 3.14. The lowest BCUT2D eigenvalue weighted by atomic mass is 10.1. The highest BCUT2D eigenvalue weighted by molar-refractivity contribution is 7.14. The quantitative estimate of drug-likeness (QED) is 0.692. The van der Waals surface area contributed by atoms with E-state index in [4.69, 9.17) is 0 Å². The third-order valence-corrected chi connectivity index (χ3v) is 5.56. The van der Waals surface area contributed by atoms with Crippen LogP contribution in [0.25, 0.3) is 11.3 Å². The van der Waals surface area contributed by atoms with Gasteiger partial charge < -0.3 is 5.32 Å². The normalized spacial score (nSPS) is 10.8. The summed E-state index contributed by atoms with van der Waals surface area (Å²) in [4.78, 5) is 22.1. The molecule has 1 amide bonds. The molecule has 0 bridgehead atoms. The van der Waals surface area contributed by atoms with Gasteiger partial charge in [0, 0.05) is 16.6 Å². The number of carbonyl (C=O) groups is 1. The van der Waals surface area contributed by atoms with Crippen molar-refractivity contribution in [3.05, 3.63) is 50.2 Å². The van der Waals surface area contributed by atoms with Crippen LogP contribution < -0.4 is 5.32 Å². The van der Waals surface area contributed by atoms with Gasteiger partial charge in [-0.2, -0.15) is 0 Å². The van der Waals surface area contributed by atoms with Crippen molar-refractivity contribution in [1.29, 1.82) is 0 Å². The molecule has 3 aromatic rings. The van der Waals surface area contributed by atoms with Gasteiger partial charge in [-0.1, -0.05) is 19.1 Å². The molecule has 2 aromatic heterocycles. The number of anilines is 1. The Balaban J connectivity index is 1.72. The topological polar surface area (TPSA) is 54.9 Å². The summed E-state index contributed by atoms with van der Waals surface area (Å²) in [5.74, 6) is -0.0930. The first-order chi connectivity index (χ1) is 11.6. The molecule has 0 aliphatic heterocycles. The second kappa shape index (κ2) is 7.23. The Labute approximate surface area is 149 Å². The number of hydrogen-bond acceptors (Lipinski definition) is 5. The van der Waals surface area contributed by atoms with E-state index in [-0.39, 0.29) is 5.91 Å². The highest BCUT2D eigenvalue weighted by Crippen LogP contribution is 2.24. The number of aromatic nitrogens is 2. The molecule has 1 N–H and O–H groups in total. The van der Waals surface area contributed by atoms with Crippen LogP contribution in [0.4, 0.5) is 5.69 Å². The molecular formula is C18H19N3OS2. The SMILES string of the molecule is CCCc1nc(C)c(C(=O)Nc2ccc(-c3csc(C)n3)cc2)s1. The fraction of sp³-hybridized carbons (Fsp3) is 0.278. The molecule has 124 valence electrons. The zero-order chi connectivity index (χ0) is 17.1. The number of nitrogens with one attached hydrogen (secondary N) is 1. The molecular weight excluding hydrogens is 338 g/mol. The Hall–Kier alpha value is -2.05. The van der Waals surface area contributed by atoms with Crippen molar-refractivity contribution in [2.75, 3.05) is 5.32 Å². The molecule has 0 aliphatic carbocycles. The molecule has 24 heavy (non-hydrogen) atoms. The maximum absolute atomic E-state index is 12.5. The fourth-order valence-electron chi connectivity index (χ4n) is 2.39. The minimum absolute atomic E-state index is 0.0930. The third kappa shape index (κ3) is 3.71. The lowest BCUT2D eigenvalue weighted by Crippen LogP contribution is -2.11. The summed E-state index contributed by atoms with van der Waals surface area (Å²) >= 11 is 3.12. The van der Waals surface area contributed by atoms with Crippen LogP contribution in [0.5, 0.6) is 0 Å². The molecule has 3 rings (SSSR count). The maximum Gasteiger partial charge on any atom is 0.267 e. The molecule has 1 aromatic carbocycles. The van der Waals surface area contributed by atoms with E-state index in [1.54, 1.807) is 11.3 Å². The van der Waals surface area contributed by atoms with E-state index in [0.717, 1.165) is 45.5 Å². The van der Waals surface area contributed by atoms with Crippen LogP contribution in [0.1, 0.15) is 38.7 Å². The Morgan fingerprint density at radius 3 is 2.54 bits per heavy atom. The standard InChI is InChI=1S/C18H19N3OS2/c1-4-5-16-19-11(2)17(24-16)18(22)21-14-8-6-13(7-9-14)15-10-23-12(3)20-15/h6-10H,4-5H2,1-3H3,(H,21,22). The van der Waals surface area contributed by atoms with Crippen LogP contribution >= 0.6 is 22.7 Å². The van der Waals surface area contributed by atoms with E-state index in [1.165, 1.54) is 11.3 Å². The first-order valence-corrected chi connectivity index (χ1v) is 9.56. The Kier molecular flexibility index (Phi) is 5.06. The van der Waals surface area contributed by atoms with Gasteiger partial charge in [0.2, 0.25) is 0 Å². The Morgan fingerprint density at radius 2 is 1.92 bits per heavy atom. The van der Waals surface area contributed by atoms with Crippen LogP contribution in [0.2, 0.25) is 0 Å². The molecule has 0 saturated heterocycles. The van der Waals surface area contributed by atoms with E-state index in [2.05, 4.69) is 22.2 Å². The molecule has 0 fully saturated rings. The third-order valence-electron chi connectivity index (χ3n) is 3.57. The zero-order valence-electron chi connectivity index (χ0n) is 13.9. The van der Waals surface area contributed by atoms with Crippen molar-refractivity contribution >= 4 is 34.3 Å². The van der Waals surface area contributed by atoms with Gasteiger partial charge in [0.1, 0.15) is 4.88 Å². The molecule has 0 atom stereocenters. The number of benzene rings is 1. The lowest BCUT2D eigenvalue weighted by Gasteiger charge is -2.05. The van der Waals surface area contributed by atoms with Gasteiger partial charge in [-0.05, 0) is 38.8 Å².